The van der Waals surface area contributed by atoms with Gasteiger partial charge in [0.15, 0.2) is 0 Å². The Morgan fingerprint density at radius 1 is 0.875 bits per heavy atom. The van der Waals surface area contributed by atoms with Gasteiger partial charge in [-0.05, 0) is 76.1 Å². The largest absolute Gasteiger partial charge is 0.352 e. The fourth-order valence-electron chi connectivity index (χ4n) is 3.96. The molecule has 2 amide bonds. The van der Waals surface area contributed by atoms with Crippen molar-refractivity contribution in [2.45, 2.75) is 64.6 Å². The number of rotatable bonds is 11. The Morgan fingerprint density at radius 3 is 2.00 bits per heavy atom. The fraction of sp³-hybridized carbons (Fsp3) is 0.333. The minimum absolute atomic E-state index is 0.0249. The molecular formula is C30H35Cl2N3O4S. The number of carbonyl (C=O) groups excluding carboxylic acids is 2. The minimum Gasteiger partial charge on any atom is -0.352 e. The van der Waals surface area contributed by atoms with Crippen LogP contribution in [0.2, 0.25) is 10.0 Å². The topological polar surface area (TPSA) is 86.8 Å². The van der Waals surface area contributed by atoms with E-state index in [2.05, 4.69) is 5.32 Å². The van der Waals surface area contributed by atoms with Gasteiger partial charge in [0, 0.05) is 12.6 Å². The number of nitrogens with one attached hydrogen (secondary N) is 1. The van der Waals surface area contributed by atoms with Gasteiger partial charge in [-0.1, -0.05) is 71.6 Å². The summed E-state index contributed by atoms with van der Waals surface area (Å²) >= 11 is 12.3. The molecule has 2 atom stereocenters. The van der Waals surface area contributed by atoms with Crippen molar-refractivity contribution in [1.82, 2.24) is 10.2 Å². The summed E-state index contributed by atoms with van der Waals surface area (Å²) in [7, 11) is -4.12. The van der Waals surface area contributed by atoms with Gasteiger partial charge in [0.2, 0.25) is 11.8 Å². The van der Waals surface area contributed by atoms with Gasteiger partial charge in [0.25, 0.3) is 10.0 Å². The molecule has 0 aliphatic carbocycles. The summed E-state index contributed by atoms with van der Waals surface area (Å²) in [5, 5.41) is 3.58. The molecule has 0 aliphatic heterocycles. The molecule has 2 unspecified atom stereocenters. The van der Waals surface area contributed by atoms with Crippen molar-refractivity contribution >= 4 is 50.7 Å². The molecule has 0 aromatic heterocycles. The first-order valence-corrected chi connectivity index (χ1v) is 15.2. The van der Waals surface area contributed by atoms with Crippen LogP contribution in [0.25, 0.3) is 0 Å². The van der Waals surface area contributed by atoms with E-state index in [1.165, 1.54) is 17.0 Å². The van der Waals surface area contributed by atoms with Crippen LogP contribution in [0.3, 0.4) is 0 Å². The lowest BCUT2D eigenvalue weighted by molar-refractivity contribution is -0.139. The smallest absolute Gasteiger partial charge is 0.264 e. The van der Waals surface area contributed by atoms with E-state index in [-0.39, 0.29) is 23.4 Å². The average molecular weight is 605 g/mol. The molecule has 0 radical (unpaired) electrons. The number of benzene rings is 3. The number of hydrogen-bond donors (Lipinski definition) is 1. The number of halogens is 2. The lowest BCUT2D eigenvalue weighted by Crippen LogP contribution is -2.52. The maximum absolute atomic E-state index is 14.0. The van der Waals surface area contributed by atoms with Crippen LogP contribution >= 0.6 is 23.2 Å². The van der Waals surface area contributed by atoms with Crippen LogP contribution in [0.4, 0.5) is 5.69 Å². The number of anilines is 1. The van der Waals surface area contributed by atoms with E-state index >= 15 is 0 Å². The maximum atomic E-state index is 14.0. The Kier molecular flexibility index (Phi) is 10.6. The first-order valence-electron chi connectivity index (χ1n) is 13.0. The second kappa shape index (κ2) is 13.5. The average Bonchev–Trinajstić information content (AvgIpc) is 2.92. The van der Waals surface area contributed by atoms with Gasteiger partial charge in [0.1, 0.15) is 12.6 Å². The molecule has 0 saturated heterocycles. The molecule has 0 spiro atoms. The Morgan fingerprint density at radius 2 is 1.45 bits per heavy atom. The molecular weight excluding hydrogens is 569 g/mol. The Hall–Kier alpha value is -3.07. The number of aryl methyl sites for hydroxylation is 2. The highest BCUT2D eigenvalue weighted by Gasteiger charge is 2.32. The molecule has 0 fully saturated rings. The second-order valence-electron chi connectivity index (χ2n) is 9.92. The van der Waals surface area contributed by atoms with Gasteiger partial charge in [-0.2, -0.15) is 0 Å². The SMILES string of the molecule is CCC(C)NC(=O)C(C)N(Cc1ccc(Cl)c(Cl)c1)C(=O)CN(c1ccc(C)cc1)S(=O)(=O)c1ccc(C)cc1. The lowest BCUT2D eigenvalue weighted by atomic mass is 10.1. The van der Waals surface area contributed by atoms with E-state index in [1.54, 1.807) is 61.5 Å². The predicted molar refractivity (Wildman–Crippen MR) is 161 cm³/mol. The minimum atomic E-state index is -4.12. The molecule has 0 saturated carbocycles. The van der Waals surface area contributed by atoms with Crippen molar-refractivity contribution in [2.24, 2.45) is 0 Å². The molecule has 40 heavy (non-hydrogen) atoms. The highest BCUT2D eigenvalue weighted by Crippen LogP contribution is 2.27. The van der Waals surface area contributed by atoms with Crippen molar-refractivity contribution in [1.29, 1.82) is 0 Å². The van der Waals surface area contributed by atoms with Crippen LogP contribution in [0, 0.1) is 13.8 Å². The summed E-state index contributed by atoms with van der Waals surface area (Å²) in [6, 6.07) is 17.3. The zero-order valence-electron chi connectivity index (χ0n) is 23.3. The summed E-state index contributed by atoms with van der Waals surface area (Å²) in [6.07, 6.45) is 0.717. The third-order valence-electron chi connectivity index (χ3n) is 6.72. The number of sulfonamides is 1. The van der Waals surface area contributed by atoms with E-state index in [0.717, 1.165) is 21.9 Å². The summed E-state index contributed by atoms with van der Waals surface area (Å²) in [4.78, 5) is 28.5. The molecule has 0 bridgehead atoms. The van der Waals surface area contributed by atoms with Crippen molar-refractivity contribution in [3.63, 3.8) is 0 Å². The van der Waals surface area contributed by atoms with E-state index in [9.17, 15) is 18.0 Å². The van der Waals surface area contributed by atoms with Crippen LogP contribution in [-0.2, 0) is 26.2 Å². The van der Waals surface area contributed by atoms with Gasteiger partial charge in [-0.25, -0.2) is 8.42 Å². The van der Waals surface area contributed by atoms with Crippen LogP contribution in [0.15, 0.2) is 71.6 Å². The van der Waals surface area contributed by atoms with Crippen LogP contribution in [0.1, 0.15) is 43.9 Å². The van der Waals surface area contributed by atoms with E-state index in [0.29, 0.717) is 21.3 Å². The van der Waals surface area contributed by atoms with E-state index in [1.807, 2.05) is 27.7 Å². The molecule has 0 heterocycles. The summed E-state index contributed by atoms with van der Waals surface area (Å²) in [5.74, 6) is -0.889. The fourth-order valence-corrected chi connectivity index (χ4v) is 5.69. The van der Waals surface area contributed by atoms with Gasteiger partial charge in [-0.3, -0.25) is 13.9 Å². The van der Waals surface area contributed by atoms with Crippen LogP contribution in [-0.4, -0.2) is 43.8 Å². The van der Waals surface area contributed by atoms with E-state index < -0.39 is 28.5 Å². The highest BCUT2D eigenvalue weighted by molar-refractivity contribution is 7.92. The number of carbonyl (C=O) groups is 2. The second-order valence-corrected chi connectivity index (χ2v) is 12.6. The summed E-state index contributed by atoms with van der Waals surface area (Å²) in [6.45, 7) is 8.72. The van der Waals surface area contributed by atoms with Crippen molar-refractivity contribution in [3.05, 3.63) is 93.5 Å². The number of hydrogen-bond acceptors (Lipinski definition) is 4. The quantitative estimate of drug-likeness (QED) is 0.285. The van der Waals surface area contributed by atoms with Gasteiger partial charge in [-0.15, -0.1) is 0 Å². The van der Waals surface area contributed by atoms with Crippen molar-refractivity contribution < 1.29 is 18.0 Å². The molecule has 3 rings (SSSR count). The molecule has 214 valence electrons. The lowest BCUT2D eigenvalue weighted by Gasteiger charge is -2.32. The zero-order chi connectivity index (χ0) is 29.6. The first kappa shape index (κ1) is 31.5. The monoisotopic (exact) mass is 603 g/mol. The number of nitrogens with zero attached hydrogens (tertiary/aromatic N) is 2. The molecule has 3 aromatic carbocycles. The highest BCUT2D eigenvalue weighted by atomic mass is 35.5. The third-order valence-corrected chi connectivity index (χ3v) is 9.24. The van der Waals surface area contributed by atoms with Gasteiger partial charge in [0.05, 0.1) is 20.6 Å². The molecule has 3 aromatic rings. The molecule has 7 nitrogen and oxygen atoms in total. The maximum Gasteiger partial charge on any atom is 0.264 e. The third kappa shape index (κ3) is 7.77. The molecule has 10 heteroatoms. The Labute approximate surface area is 247 Å². The van der Waals surface area contributed by atoms with Crippen molar-refractivity contribution in [2.75, 3.05) is 10.8 Å². The normalized spacial score (nSPS) is 12.9. The first-order chi connectivity index (χ1) is 18.8. The predicted octanol–water partition coefficient (Wildman–Crippen LogP) is 6.14. The van der Waals surface area contributed by atoms with Gasteiger partial charge < -0.3 is 10.2 Å². The Balaban J connectivity index is 2.03. The summed E-state index contributed by atoms with van der Waals surface area (Å²) in [5.41, 5.74) is 2.84. The Bertz CT molecular complexity index is 1440. The standard InChI is InChI=1S/C30H35Cl2N3O4S/c1-6-22(4)33-30(37)23(5)34(18-24-11-16-27(31)28(32)17-24)29(36)19-35(25-12-7-20(2)8-13-25)40(38,39)26-14-9-21(3)10-15-26/h7-17,22-23H,6,18-19H2,1-5H3,(H,33,37). The zero-order valence-corrected chi connectivity index (χ0v) is 25.6. The van der Waals surface area contributed by atoms with Crippen LogP contribution < -0.4 is 9.62 Å². The van der Waals surface area contributed by atoms with Crippen molar-refractivity contribution in [3.8, 4) is 0 Å². The van der Waals surface area contributed by atoms with E-state index in [4.69, 9.17) is 23.2 Å². The number of amides is 2. The molecule has 0 aliphatic rings. The van der Waals surface area contributed by atoms with Gasteiger partial charge >= 0.3 is 0 Å². The summed E-state index contributed by atoms with van der Waals surface area (Å²) < 4.78 is 28.8. The van der Waals surface area contributed by atoms with Crippen LogP contribution in [0.5, 0.6) is 0 Å². The molecule has 1 N–H and O–H groups in total.